The van der Waals surface area contributed by atoms with E-state index in [4.69, 9.17) is 16.3 Å². The molecule has 2 aromatic rings. The Kier molecular flexibility index (Phi) is 5.22. The Morgan fingerprint density at radius 3 is 2.33 bits per heavy atom. The minimum atomic E-state index is -0.171. The van der Waals surface area contributed by atoms with Gasteiger partial charge in [0.1, 0.15) is 5.75 Å². The maximum absolute atomic E-state index is 6.06. The van der Waals surface area contributed by atoms with Crippen LogP contribution in [0.1, 0.15) is 31.0 Å². The van der Waals surface area contributed by atoms with Crippen molar-refractivity contribution in [2.45, 2.75) is 26.0 Å². The van der Waals surface area contributed by atoms with Gasteiger partial charge < -0.3 is 10.5 Å². The molecule has 1 unspecified atom stereocenters. The lowest BCUT2D eigenvalue weighted by atomic mass is 9.98. The summed E-state index contributed by atoms with van der Waals surface area (Å²) in [5, 5.41) is 0. The molecule has 21 heavy (non-hydrogen) atoms. The van der Waals surface area contributed by atoms with E-state index in [1.165, 1.54) is 0 Å². The predicted octanol–water partition coefficient (Wildman–Crippen LogP) is 3.37. The van der Waals surface area contributed by atoms with E-state index >= 15 is 0 Å². The van der Waals surface area contributed by atoms with Gasteiger partial charge in [-0.3, -0.25) is 5.84 Å². The van der Waals surface area contributed by atoms with E-state index in [0.717, 1.165) is 21.3 Å². The predicted molar refractivity (Wildman–Crippen MR) is 89.9 cm³/mol. The second kappa shape index (κ2) is 6.93. The van der Waals surface area contributed by atoms with Gasteiger partial charge in [0.05, 0.1) is 12.1 Å². The van der Waals surface area contributed by atoms with Gasteiger partial charge in [0.15, 0.2) is 0 Å². The Morgan fingerprint density at radius 1 is 1.10 bits per heavy atom. The van der Waals surface area contributed by atoms with Crippen LogP contribution in [-0.4, -0.2) is 6.10 Å². The lowest BCUT2D eigenvalue weighted by Gasteiger charge is -2.20. The average molecular weight is 350 g/mol. The van der Waals surface area contributed by atoms with Crippen LogP contribution in [0, 0.1) is 0 Å². The first-order valence-electron chi connectivity index (χ1n) is 6.79. The van der Waals surface area contributed by atoms with Crippen LogP contribution in [0.5, 0.6) is 5.75 Å². The molecule has 0 saturated carbocycles. The Balaban J connectivity index is 2.31. The number of hydrogen-bond acceptors (Lipinski definition) is 4. The zero-order chi connectivity index (χ0) is 15.4. The smallest absolute Gasteiger partial charge is 0.119 e. The summed E-state index contributed by atoms with van der Waals surface area (Å²) in [5.41, 5.74) is 11.5. The van der Waals surface area contributed by atoms with Crippen molar-refractivity contribution in [1.82, 2.24) is 5.43 Å². The highest BCUT2D eigenvalue weighted by Gasteiger charge is 2.15. The topological polar surface area (TPSA) is 73.3 Å². The Bertz CT molecular complexity index is 599. The fraction of sp³-hybridized carbons (Fsp3) is 0.250. The van der Waals surface area contributed by atoms with Gasteiger partial charge in [0, 0.05) is 10.2 Å². The first-order valence-corrected chi connectivity index (χ1v) is 7.58. The molecule has 1 atom stereocenters. The number of hydrazine groups is 1. The number of nitrogens with one attached hydrogen (secondary N) is 1. The van der Waals surface area contributed by atoms with Crippen LogP contribution in [0.15, 0.2) is 46.9 Å². The standard InChI is InChI=1S/C16H20BrN3O/c1-10(2)21-13-6-3-11(4-7-13)16(20-19)14-9-12(17)5-8-15(14)18/h3-10,16,20H,18-19H2,1-2H3. The maximum Gasteiger partial charge on any atom is 0.119 e. The van der Waals surface area contributed by atoms with E-state index in [1.54, 1.807) is 0 Å². The molecule has 0 spiro atoms. The van der Waals surface area contributed by atoms with Crippen LogP contribution in [0.4, 0.5) is 5.69 Å². The van der Waals surface area contributed by atoms with Crippen LogP contribution < -0.4 is 21.7 Å². The first kappa shape index (κ1) is 15.8. The normalized spacial score (nSPS) is 12.4. The number of halogens is 1. The van der Waals surface area contributed by atoms with Crippen molar-refractivity contribution in [3.8, 4) is 5.75 Å². The maximum atomic E-state index is 6.06. The van der Waals surface area contributed by atoms with Crippen molar-refractivity contribution >= 4 is 21.6 Å². The molecular formula is C16H20BrN3O. The Hall–Kier alpha value is -1.56. The van der Waals surface area contributed by atoms with Crippen molar-refractivity contribution < 1.29 is 4.74 Å². The lowest BCUT2D eigenvalue weighted by molar-refractivity contribution is 0.242. The summed E-state index contributed by atoms with van der Waals surface area (Å²) in [6.07, 6.45) is 0.153. The SMILES string of the molecule is CC(C)Oc1ccc(C(NN)c2cc(Br)ccc2N)cc1. The molecular weight excluding hydrogens is 330 g/mol. The van der Waals surface area contributed by atoms with Crippen LogP contribution in [-0.2, 0) is 0 Å². The molecule has 0 aliphatic heterocycles. The molecule has 0 heterocycles. The second-order valence-electron chi connectivity index (χ2n) is 5.11. The molecule has 0 aliphatic carbocycles. The molecule has 0 aromatic heterocycles. The van der Waals surface area contributed by atoms with E-state index in [2.05, 4.69) is 21.4 Å². The summed E-state index contributed by atoms with van der Waals surface area (Å²) in [7, 11) is 0. The molecule has 0 radical (unpaired) electrons. The highest BCUT2D eigenvalue weighted by atomic mass is 79.9. The quantitative estimate of drug-likeness (QED) is 0.439. The third kappa shape index (κ3) is 3.97. The first-order chi connectivity index (χ1) is 10.0. The van der Waals surface area contributed by atoms with Gasteiger partial charge in [-0.1, -0.05) is 28.1 Å². The highest BCUT2D eigenvalue weighted by Crippen LogP contribution is 2.29. The van der Waals surface area contributed by atoms with Crippen LogP contribution >= 0.6 is 15.9 Å². The summed E-state index contributed by atoms with van der Waals surface area (Å²) >= 11 is 3.46. The van der Waals surface area contributed by atoms with E-state index in [9.17, 15) is 0 Å². The number of nitrogen functional groups attached to an aromatic ring is 1. The van der Waals surface area contributed by atoms with Crippen molar-refractivity contribution in [3.05, 3.63) is 58.1 Å². The van der Waals surface area contributed by atoms with E-state index in [-0.39, 0.29) is 12.1 Å². The molecule has 0 amide bonds. The summed E-state index contributed by atoms with van der Waals surface area (Å²) < 4.78 is 6.61. The lowest BCUT2D eigenvalue weighted by Crippen LogP contribution is -2.29. The van der Waals surface area contributed by atoms with E-state index < -0.39 is 0 Å². The number of ether oxygens (including phenoxy) is 1. The summed E-state index contributed by atoms with van der Waals surface area (Å²) in [4.78, 5) is 0. The fourth-order valence-corrected chi connectivity index (χ4v) is 2.55. The summed E-state index contributed by atoms with van der Waals surface area (Å²) in [5.74, 6) is 6.56. The monoisotopic (exact) mass is 349 g/mol. The molecule has 0 saturated heterocycles. The minimum Gasteiger partial charge on any atom is -0.491 e. The van der Waals surface area contributed by atoms with Crippen LogP contribution in [0.2, 0.25) is 0 Å². The van der Waals surface area contributed by atoms with Crippen LogP contribution in [0.3, 0.4) is 0 Å². The largest absolute Gasteiger partial charge is 0.491 e. The van der Waals surface area contributed by atoms with Crippen LogP contribution in [0.25, 0.3) is 0 Å². The molecule has 4 nitrogen and oxygen atoms in total. The third-order valence-corrected chi connectivity index (χ3v) is 3.60. The second-order valence-corrected chi connectivity index (χ2v) is 6.02. The Morgan fingerprint density at radius 2 is 1.76 bits per heavy atom. The molecule has 112 valence electrons. The highest BCUT2D eigenvalue weighted by molar-refractivity contribution is 9.10. The van der Waals surface area contributed by atoms with Gasteiger partial charge in [-0.15, -0.1) is 0 Å². The third-order valence-electron chi connectivity index (χ3n) is 3.11. The molecule has 2 rings (SSSR count). The van der Waals surface area contributed by atoms with Crippen molar-refractivity contribution in [1.29, 1.82) is 0 Å². The van der Waals surface area contributed by atoms with Crippen molar-refractivity contribution in [2.24, 2.45) is 5.84 Å². The van der Waals surface area contributed by atoms with Gasteiger partial charge in [-0.25, -0.2) is 5.43 Å². The Labute approximate surface area is 133 Å². The number of anilines is 1. The van der Waals surface area contributed by atoms with Gasteiger partial charge >= 0.3 is 0 Å². The fourth-order valence-electron chi connectivity index (χ4n) is 2.17. The number of nitrogens with two attached hydrogens (primary N) is 2. The minimum absolute atomic E-state index is 0.153. The zero-order valence-corrected chi connectivity index (χ0v) is 13.7. The number of hydrogen-bond donors (Lipinski definition) is 3. The van der Waals surface area contributed by atoms with Gasteiger partial charge in [0.2, 0.25) is 0 Å². The zero-order valence-electron chi connectivity index (χ0n) is 12.1. The molecule has 5 heteroatoms. The van der Waals surface area contributed by atoms with Gasteiger partial charge in [0.25, 0.3) is 0 Å². The number of benzene rings is 2. The average Bonchev–Trinajstić information content (AvgIpc) is 2.44. The van der Waals surface area contributed by atoms with Crippen molar-refractivity contribution in [3.63, 3.8) is 0 Å². The van der Waals surface area contributed by atoms with E-state index in [1.807, 2.05) is 56.3 Å². The molecule has 5 N–H and O–H groups in total. The van der Waals surface area contributed by atoms with E-state index in [0.29, 0.717) is 5.69 Å². The van der Waals surface area contributed by atoms with Gasteiger partial charge in [-0.2, -0.15) is 0 Å². The number of rotatable bonds is 5. The van der Waals surface area contributed by atoms with Crippen molar-refractivity contribution in [2.75, 3.05) is 5.73 Å². The molecule has 0 aliphatic rings. The summed E-state index contributed by atoms with van der Waals surface area (Å²) in [6, 6.07) is 13.4. The van der Waals surface area contributed by atoms with Gasteiger partial charge in [-0.05, 0) is 55.3 Å². The molecule has 2 aromatic carbocycles. The molecule has 0 bridgehead atoms. The summed E-state index contributed by atoms with van der Waals surface area (Å²) in [6.45, 7) is 4.00. The molecule has 0 fully saturated rings.